The second-order valence-corrected chi connectivity index (χ2v) is 4.35. The van der Waals surface area contributed by atoms with Crippen LogP contribution in [0.5, 0.6) is 0 Å². The third-order valence-electron chi connectivity index (χ3n) is 2.51. The number of aromatic nitrogens is 1. The molecule has 0 spiro atoms. The molecule has 0 saturated heterocycles. The quantitative estimate of drug-likeness (QED) is 0.849. The van der Waals surface area contributed by atoms with Gasteiger partial charge in [-0.15, -0.1) is 0 Å². The van der Waals surface area contributed by atoms with Gasteiger partial charge in [-0.05, 0) is 23.8 Å². The molecule has 6 heteroatoms. The zero-order valence-electron chi connectivity index (χ0n) is 10.5. The van der Waals surface area contributed by atoms with Crippen molar-refractivity contribution in [2.24, 2.45) is 0 Å². The molecule has 20 heavy (non-hydrogen) atoms. The largest absolute Gasteiger partial charge is 0.344 e. The van der Waals surface area contributed by atoms with Crippen LogP contribution in [0.25, 0.3) is 0 Å². The fraction of sp³-hybridized carbons (Fsp3) is 0.0714. The molecule has 2 aromatic rings. The molecule has 5 nitrogen and oxygen atoms in total. The summed E-state index contributed by atoms with van der Waals surface area (Å²) in [7, 11) is 0. The molecule has 0 atom stereocenters. The van der Waals surface area contributed by atoms with Crippen LogP contribution in [0.4, 0.5) is 5.82 Å². The molecule has 0 aliphatic heterocycles. The van der Waals surface area contributed by atoms with Crippen molar-refractivity contribution in [2.75, 3.05) is 5.32 Å². The van der Waals surface area contributed by atoms with E-state index in [4.69, 9.17) is 11.6 Å². The second-order valence-electron chi connectivity index (χ2n) is 3.94. The Kier molecular flexibility index (Phi) is 4.68. The Balaban J connectivity index is 1.89. The van der Waals surface area contributed by atoms with Crippen molar-refractivity contribution in [3.8, 4) is 0 Å². The van der Waals surface area contributed by atoms with Crippen LogP contribution in [0, 0.1) is 0 Å². The van der Waals surface area contributed by atoms with Crippen molar-refractivity contribution in [1.29, 1.82) is 0 Å². The Morgan fingerprint density at radius 3 is 2.50 bits per heavy atom. The molecule has 2 amide bonds. The number of nitrogens with one attached hydrogen (secondary N) is 2. The molecule has 1 aromatic carbocycles. The van der Waals surface area contributed by atoms with Gasteiger partial charge in [-0.3, -0.25) is 9.59 Å². The molecule has 1 aromatic heterocycles. The molecule has 0 unspecified atom stereocenters. The molecule has 2 N–H and O–H groups in total. The lowest BCUT2D eigenvalue weighted by atomic mass is 10.2. The van der Waals surface area contributed by atoms with Gasteiger partial charge in [0.05, 0.1) is 0 Å². The van der Waals surface area contributed by atoms with Crippen LogP contribution in [-0.2, 0) is 16.1 Å². The van der Waals surface area contributed by atoms with Gasteiger partial charge in [0.15, 0.2) is 0 Å². The number of benzene rings is 1. The zero-order chi connectivity index (χ0) is 14.4. The van der Waals surface area contributed by atoms with Gasteiger partial charge in [-0.2, -0.15) is 0 Å². The van der Waals surface area contributed by atoms with E-state index in [9.17, 15) is 9.59 Å². The van der Waals surface area contributed by atoms with E-state index in [1.165, 1.54) is 6.20 Å². The molecule has 0 aliphatic rings. The number of amides is 2. The van der Waals surface area contributed by atoms with E-state index in [1.54, 1.807) is 42.5 Å². The summed E-state index contributed by atoms with van der Waals surface area (Å²) in [6.45, 7) is 0.189. The zero-order valence-corrected chi connectivity index (χ0v) is 11.2. The molecule has 0 aliphatic carbocycles. The third kappa shape index (κ3) is 3.80. The lowest BCUT2D eigenvalue weighted by Crippen LogP contribution is -2.35. The summed E-state index contributed by atoms with van der Waals surface area (Å²) >= 11 is 5.96. The Labute approximate surface area is 121 Å². The number of hydrogen-bond acceptors (Lipinski definition) is 3. The Bertz CT molecular complexity index is 617. The van der Waals surface area contributed by atoms with Crippen LogP contribution in [0.15, 0.2) is 48.7 Å². The lowest BCUT2D eigenvalue weighted by molar-refractivity contribution is -0.136. The molecule has 0 radical (unpaired) electrons. The molecule has 0 bridgehead atoms. The number of rotatable bonds is 3. The Morgan fingerprint density at radius 2 is 1.80 bits per heavy atom. The number of halogens is 1. The van der Waals surface area contributed by atoms with Crippen molar-refractivity contribution < 1.29 is 9.59 Å². The van der Waals surface area contributed by atoms with Gasteiger partial charge in [0.1, 0.15) is 5.82 Å². The maximum absolute atomic E-state index is 11.6. The summed E-state index contributed by atoms with van der Waals surface area (Å²) in [5.41, 5.74) is 0.744. The number of nitrogens with zero attached hydrogens (tertiary/aromatic N) is 1. The highest BCUT2D eigenvalue weighted by molar-refractivity contribution is 6.39. The Morgan fingerprint density at radius 1 is 1.05 bits per heavy atom. The van der Waals surface area contributed by atoms with E-state index < -0.39 is 11.8 Å². The predicted octanol–water partition coefficient (Wildman–Crippen LogP) is 1.99. The standard InChI is InChI=1S/C14H12ClN3O2/c15-11-6-2-1-5-10(11)9-17-13(19)14(20)18-12-7-3-4-8-16-12/h1-8H,9H2,(H,17,19)(H,16,18,20). The summed E-state index contributed by atoms with van der Waals surface area (Å²) < 4.78 is 0. The van der Waals surface area contributed by atoms with Crippen LogP contribution < -0.4 is 10.6 Å². The van der Waals surface area contributed by atoms with Gasteiger partial charge < -0.3 is 10.6 Å². The minimum Gasteiger partial charge on any atom is -0.344 e. The smallest absolute Gasteiger partial charge is 0.314 e. The second kappa shape index (κ2) is 6.68. The van der Waals surface area contributed by atoms with E-state index in [1.807, 2.05) is 0 Å². The van der Waals surface area contributed by atoms with Crippen LogP contribution in [0.3, 0.4) is 0 Å². The first kappa shape index (κ1) is 14.0. The summed E-state index contributed by atoms with van der Waals surface area (Å²) in [5, 5.41) is 5.43. The summed E-state index contributed by atoms with van der Waals surface area (Å²) in [6, 6.07) is 12.1. The van der Waals surface area contributed by atoms with Crippen molar-refractivity contribution >= 4 is 29.2 Å². The fourth-order valence-electron chi connectivity index (χ4n) is 1.51. The molecular formula is C14H12ClN3O2. The van der Waals surface area contributed by atoms with Crippen molar-refractivity contribution in [3.05, 3.63) is 59.2 Å². The van der Waals surface area contributed by atoms with E-state index in [-0.39, 0.29) is 6.54 Å². The number of pyridine rings is 1. The average molecular weight is 290 g/mol. The fourth-order valence-corrected chi connectivity index (χ4v) is 1.71. The van der Waals surface area contributed by atoms with Gasteiger partial charge in [-0.1, -0.05) is 35.9 Å². The van der Waals surface area contributed by atoms with Crippen LogP contribution in [0.1, 0.15) is 5.56 Å². The van der Waals surface area contributed by atoms with Gasteiger partial charge in [0.2, 0.25) is 0 Å². The first-order chi connectivity index (χ1) is 9.66. The first-order valence-corrected chi connectivity index (χ1v) is 6.28. The van der Waals surface area contributed by atoms with E-state index in [0.29, 0.717) is 10.8 Å². The predicted molar refractivity (Wildman–Crippen MR) is 76.2 cm³/mol. The van der Waals surface area contributed by atoms with Gasteiger partial charge >= 0.3 is 11.8 Å². The van der Waals surface area contributed by atoms with Crippen molar-refractivity contribution in [3.63, 3.8) is 0 Å². The average Bonchev–Trinajstić information content (AvgIpc) is 2.47. The summed E-state index contributed by atoms with van der Waals surface area (Å²) in [6.07, 6.45) is 1.53. The summed E-state index contributed by atoms with van der Waals surface area (Å²) in [4.78, 5) is 27.2. The maximum Gasteiger partial charge on any atom is 0.314 e. The Hall–Kier alpha value is -2.40. The van der Waals surface area contributed by atoms with Crippen LogP contribution >= 0.6 is 11.6 Å². The SMILES string of the molecule is O=C(NCc1ccccc1Cl)C(=O)Nc1ccccn1. The van der Waals surface area contributed by atoms with Gasteiger partial charge in [0, 0.05) is 17.8 Å². The lowest BCUT2D eigenvalue weighted by Gasteiger charge is -2.07. The van der Waals surface area contributed by atoms with Crippen LogP contribution in [-0.4, -0.2) is 16.8 Å². The highest BCUT2D eigenvalue weighted by Crippen LogP contribution is 2.14. The van der Waals surface area contributed by atoms with Crippen molar-refractivity contribution in [2.45, 2.75) is 6.54 Å². The number of anilines is 1. The van der Waals surface area contributed by atoms with E-state index in [0.717, 1.165) is 5.56 Å². The number of hydrogen-bond donors (Lipinski definition) is 2. The highest BCUT2D eigenvalue weighted by atomic mass is 35.5. The monoisotopic (exact) mass is 289 g/mol. The van der Waals surface area contributed by atoms with Crippen LogP contribution in [0.2, 0.25) is 5.02 Å². The third-order valence-corrected chi connectivity index (χ3v) is 2.88. The molecule has 0 saturated carbocycles. The maximum atomic E-state index is 11.6. The van der Waals surface area contributed by atoms with E-state index in [2.05, 4.69) is 15.6 Å². The summed E-state index contributed by atoms with van der Waals surface area (Å²) in [5.74, 6) is -1.18. The van der Waals surface area contributed by atoms with Gasteiger partial charge in [0.25, 0.3) is 0 Å². The van der Waals surface area contributed by atoms with Gasteiger partial charge in [-0.25, -0.2) is 4.98 Å². The van der Waals surface area contributed by atoms with Crippen molar-refractivity contribution in [1.82, 2.24) is 10.3 Å². The topological polar surface area (TPSA) is 71.1 Å². The minimum atomic E-state index is -0.768. The minimum absolute atomic E-state index is 0.189. The number of carbonyl (C=O) groups is 2. The normalized spacial score (nSPS) is 9.85. The highest BCUT2D eigenvalue weighted by Gasteiger charge is 2.14. The first-order valence-electron chi connectivity index (χ1n) is 5.90. The molecular weight excluding hydrogens is 278 g/mol. The van der Waals surface area contributed by atoms with E-state index >= 15 is 0 Å². The molecule has 2 rings (SSSR count). The number of carbonyl (C=O) groups excluding carboxylic acids is 2. The molecule has 0 fully saturated rings. The molecule has 1 heterocycles. The molecule has 102 valence electrons.